The van der Waals surface area contributed by atoms with E-state index in [0.717, 1.165) is 12.1 Å². The van der Waals surface area contributed by atoms with Crippen LogP contribution in [0.5, 0.6) is 0 Å². The average Bonchev–Trinajstić information content (AvgIpc) is 2.18. The van der Waals surface area contributed by atoms with E-state index < -0.39 is 39.0 Å². The van der Waals surface area contributed by atoms with Crippen molar-refractivity contribution in [3.8, 4) is 0 Å². The summed E-state index contributed by atoms with van der Waals surface area (Å²) in [5, 5.41) is 10.6. The first-order valence-electron chi connectivity index (χ1n) is 4.76. The van der Waals surface area contributed by atoms with Gasteiger partial charge in [0, 0.05) is 5.69 Å². The van der Waals surface area contributed by atoms with Crippen LogP contribution in [0.2, 0.25) is 0 Å². The van der Waals surface area contributed by atoms with Crippen molar-refractivity contribution in [3.63, 3.8) is 0 Å². The summed E-state index contributed by atoms with van der Waals surface area (Å²) in [7, 11) is -3.99. The summed E-state index contributed by atoms with van der Waals surface area (Å²) in [5.41, 5.74) is 0.229. The van der Waals surface area contributed by atoms with Crippen molar-refractivity contribution < 1.29 is 27.5 Å². The Balaban J connectivity index is 2.62. The molecule has 98 valence electrons. The molecule has 8 heteroatoms. The summed E-state index contributed by atoms with van der Waals surface area (Å²) in [6.07, 6.45) is 0. The molecule has 1 aromatic carbocycles. The first-order valence-corrected chi connectivity index (χ1v) is 6.58. The molecule has 0 atom stereocenters. The zero-order chi connectivity index (χ0) is 13.8. The monoisotopic (exact) mass is 275 g/mol. The highest BCUT2D eigenvalue weighted by Crippen LogP contribution is 2.08. The fourth-order valence-corrected chi connectivity index (χ4v) is 2.12. The molecule has 0 spiro atoms. The van der Waals surface area contributed by atoms with E-state index in [1.807, 2.05) is 0 Å². The van der Waals surface area contributed by atoms with Crippen LogP contribution in [0, 0.1) is 5.82 Å². The Morgan fingerprint density at radius 2 is 1.72 bits per heavy atom. The van der Waals surface area contributed by atoms with Crippen LogP contribution in [-0.4, -0.2) is 36.9 Å². The lowest BCUT2D eigenvalue weighted by molar-refractivity contribution is -0.134. The lowest BCUT2D eigenvalue weighted by atomic mass is 10.3. The first kappa shape index (κ1) is 14.1. The normalized spacial score (nSPS) is 10.9. The van der Waals surface area contributed by atoms with E-state index in [1.54, 1.807) is 0 Å². The molecule has 0 aliphatic rings. The summed E-state index contributed by atoms with van der Waals surface area (Å²) in [4.78, 5) is 21.6. The maximum Gasteiger partial charge on any atom is 0.318 e. The van der Waals surface area contributed by atoms with Crippen molar-refractivity contribution in [2.75, 3.05) is 16.8 Å². The lowest BCUT2D eigenvalue weighted by Crippen LogP contribution is -2.27. The van der Waals surface area contributed by atoms with Crippen LogP contribution < -0.4 is 5.32 Å². The number of aliphatic carboxylic acids is 1. The van der Waals surface area contributed by atoms with E-state index in [0.29, 0.717) is 0 Å². The Kier molecular flexibility index (Phi) is 4.38. The molecule has 1 amide bonds. The smallest absolute Gasteiger partial charge is 0.318 e. The molecule has 0 bridgehead atoms. The van der Waals surface area contributed by atoms with Gasteiger partial charge in [0.1, 0.15) is 17.3 Å². The number of halogens is 1. The molecular weight excluding hydrogens is 265 g/mol. The average molecular weight is 275 g/mol. The van der Waals surface area contributed by atoms with E-state index in [-0.39, 0.29) is 5.69 Å². The van der Waals surface area contributed by atoms with Crippen molar-refractivity contribution in [1.82, 2.24) is 0 Å². The minimum Gasteiger partial charge on any atom is -0.480 e. The Labute approximate surface area is 102 Å². The van der Waals surface area contributed by atoms with Crippen LogP contribution in [-0.2, 0) is 19.4 Å². The molecule has 0 aromatic heterocycles. The molecule has 18 heavy (non-hydrogen) atoms. The number of carbonyl (C=O) groups excluding carboxylic acids is 1. The summed E-state index contributed by atoms with van der Waals surface area (Å²) < 4.78 is 35.0. The van der Waals surface area contributed by atoms with Gasteiger partial charge in [0.2, 0.25) is 5.91 Å². The minimum absolute atomic E-state index is 0.229. The van der Waals surface area contributed by atoms with Crippen LogP contribution >= 0.6 is 0 Å². The second-order valence-corrected chi connectivity index (χ2v) is 5.55. The number of carbonyl (C=O) groups is 2. The van der Waals surface area contributed by atoms with Crippen LogP contribution in [0.4, 0.5) is 10.1 Å². The lowest BCUT2D eigenvalue weighted by Gasteiger charge is -2.04. The molecule has 0 aliphatic carbocycles. The van der Waals surface area contributed by atoms with Gasteiger partial charge in [-0.25, -0.2) is 12.8 Å². The Morgan fingerprint density at radius 3 is 2.22 bits per heavy atom. The van der Waals surface area contributed by atoms with E-state index in [9.17, 15) is 22.4 Å². The summed E-state index contributed by atoms with van der Waals surface area (Å²) in [6, 6.07) is 4.72. The van der Waals surface area contributed by atoms with Gasteiger partial charge in [0.25, 0.3) is 0 Å². The van der Waals surface area contributed by atoms with Crippen LogP contribution in [0.25, 0.3) is 0 Å². The molecule has 0 fully saturated rings. The zero-order valence-electron chi connectivity index (χ0n) is 9.09. The fraction of sp³-hybridized carbons (Fsp3) is 0.200. The van der Waals surface area contributed by atoms with Gasteiger partial charge >= 0.3 is 5.97 Å². The van der Waals surface area contributed by atoms with E-state index in [4.69, 9.17) is 5.11 Å². The molecule has 1 rings (SSSR count). The number of sulfone groups is 1. The SMILES string of the molecule is O=C(O)CS(=O)(=O)CC(=O)Nc1ccc(F)cc1. The standard InChI is InChI=1S/C10H10FNO5S/c11-7-1-3-8(4-2-7)12-9(13)5-18(16,17)6-10(14)15/h1-4H,5-6H2,(H,12,13)(H,14,15). The highest BCUT2D eigenvalue weighted by Gasteiger charge is 2.20. The molecule has 0 heterocycles. The van der Waals surface area contributed by atoms with Crippen molar-refractivity contribution >= 4 is 27.4 Å². The van der Waals surface area contributed by atoms with Gasteiger partial charge in [0.05, 0.1) is 0 Å². The number of carboxylic acids is 1. The third-order valence-electron chi connectivity index (χ3n) is 1.82. The number of nitrogens with one attached hydrogen (secondary N) is 1. The fourth-order valence-electron chi connectivity index (χ4n) is 1.17. The highest BCUT2D eigenvalue weighted by atomic mass is 32.2. The number of rotatable bonds is 5. The summed E-state index contributed by atoms with van der Waals surface area (Å²) in [6.45, 7) is 0. The van der Waals surface area contributed by atoms with Crippen LogP contribution in [0.3, 0.4) is 0 Å². The molecule has 1 aromatic rings. The predicted octanol–water partition coefficient (Wildman–Crippen LogP) is 0.264. The van der Waals surface area contributed by atoms with E-state index >= 15 is 0 Å². The maximum absolute atomic E-state index is 12.6. The van der Waals surface area contributed by atoms with Gasteiger partial charge in [-0.3, -0.25) is 9.59 Å². The molecule has 0 unspecified atom stereocenters. The number of hydrogen-bond acceptors (Lipinski definition) is 4. The number of carboxylic acid groups (broad SMARTS) is 1. The van der Waals surface area contributed by atoms with Crippen molar-refractivity contribution in [1.29, 1.82) is 0 Å². The van der Waals surface area contributed by atoms with Crippen molar-refractivity contribution in [2.45, 2.75) is 0 Å². The van der Waals surface area contributed by atoms with Gasteiger partial charge in [-0.2, -0.15) is 0 Å². The minimum atomic E-state index is -3.99. The first-order chi connectivity index (χ1) is 8.28. The number of hydrogen-bond donors (Lipinski definition) is 2. The predicted molar refractivity (Wildman–Crippen MR) is 61.3 cm³/mol. The Hall–Kier alpha value is -1.96. The Morgan fingerprint density at radius 1 is 1.17 bits per heavy atom. The van der Waals surface area contributed by atoms with Crippen molar-refractivity contribution in [2.24, 2.45) is 0 Å². The van der Waals surface area contributed by atoms with E-state index in [1.165, 1.54) is 12.1 Å². The van der Waals surface area contributed by atoms with Gasteiger partial charge in [-0.05, 0) is 24.3 Å². The van der Waals surface area contributed by atoms with Gasteiger partial charge in [-0.1, -0.05) is 0 Å². The Bertz CT molecular complexity index is 552. The number of benzene rings is 1. The van der Waals surface area contributed by atoms with Gasteiger partial charge in [-0.15, -0.1) is 0 Å². The van der Waals surface area contributed by atoms with Crippen molar-refractivity contribution in [3.05, 3.63) is 30.1 Å². The van der Waals surface area contributed by atoms with Gasteiger partial charge in [0.15, 0.2) is 9.84 Å². The second kappa shape index (κ2) is 5.58. The van der Waals surface area contributed by atoms with Gasteiger partial charge < -0.3 is 10.4 Å². The zero-order valence-corrected chi connectivity index (χ0v) is 9.91. The summed E-state index contributed by atoms with van der Waals surface area (Å²) >= 11 is 0. The third-order valence-corrected chi connectivity index (χ3v) is 3.21. The molecular formula is C10H10FNO5S. The van der Waals surface area contributed by atoms with E-state index in [2.05, 4.69) is 5.32 Å². The molecule has 0 aliphatic heterocycles. The number of amides is 1. The van der Waals surface area contributed by atoms with Crippen LogP contribution in [0.1, 0.15) is 0 Å². The molecule has 6 nitrogen and oxygen atoms in total. The molecule has 0 radical (unpaired) electrons. The quantitative estimate of drug-likeness (QED) is 0.803. The molecule has 0 saturated heterocycles. The topological polar surface area (TPSA) is 101 Å². The highest BCUT2D eigenvalue weighted by molar-refractivity contribution is 7.92. The molecule has 0 saturated carbocycles. The maximum atomic E-state index is 12.6. The molecule has 2 N–H and O–H groups in total. The number of anilines is 1. The van der Waals surface area contributed by atoms with Crippen LogP contribution in [0.15, 0.2) is 24.3 Å². The third kappa shape index (κ3) is 4.91. The summed E-state index contributed by atoms with van der Waals surface area (Å²) in [5.74, 6) is -4.93. The largest absolute Gasteiger partial charge is 0.480 e. The second-order valence-electron chi connectivity index (χ2n) is 3.48.